The third kappa shape index (κ3) is 3.78. The van der Waals surface area contributed by atoms with E-state index in [9.17, 15) is 9.18 Å². The minimum Gasteiger partial charge on any atom is -0.444 e. The van der Waals surface area contributed by atoms with Crippen molar-refractivity contribution in [3.8, 4) is 11.5 Å². The molecule has 2 saturated heterocycles. The maximum Gasteiger partial charge on any atom is 0.251 e. The average Bonchev–Trinajstić information content (AvgIpc) is 3.34. The SMILES string of the molecule is O=C([C@@H]1CCCO1)N1CCN(Cc2coc(-c3cccc(F)c3)n2)CC1. The highest BCUT2D eigenvalue weighted by Crippen LogP contribution is 2.21. The monoisotopic (exact) mass is 359 g/mol. The van der Waals surface area contributed by atoms with Crippen molar-refractivity contribution in [2.45, 2.75) is 25.5 Å². The lowest BCUT2D eigenvalue weighted by Gasteiger charge is -2.35. The molecule has 0 bridgehead atoms. The summed E-state index contributed by atoms with van der Waals surface area (Å²) in [7, 11) is 0. The van der Waals surface area contributed by atoms with E-state index < -0.39 is 0 Å². The number of aromatic nitrogens is 1. The van der Waals surface area contributed by atoms with E-state index in [0.717, 1.165) is 31.6 Å². The molecule has 138 valence electrons. The molecule has 1 aromatic heterocycles. The molecule has 2 aliphatic heterocycles. The van der Waals surface area contributed by atoms with Crippen LogP contribution in [-0.4, -0.2) is 59.6 Å². The van der Waals surface area contributed by atoms with Gasteiger partial charge < -0.3 is 14.1 Å². The van der Waals surface area contributed by atoms with Crippen molar-refractivity contribution >= 4 is 5.91 Å². The molecule has 1 atom stereocenters. The number of hydrogen-bond acceptors (Lipinski definition) is 5. The first-order valence-corrected chi connectivity index (χ1v) is 9.02. The second-order valence-corrected chi connectivity index (χ2v) is 6.76. The molecule has 1 aromatic carbocycles. The number of hydrogen-bond donors (Lipinski definition) is 0. The molecule has 1 amide bonds. The first-order valence-electron chi connectivity index (χ1n) is 9.02. The quantitative estimate of drug-likeness (QED) is 0.838. The second-order valence-electron chi connectivity index (χ2n) is 6.76. The number of amides is 1. The van der Waals surface area contributed by atoms with E-state index in [-0.39, 0.29) is 17.8 Å². The summed E-state index contributed by atoms with van der Waals surface area (Å²) in [5.41, 5.74) is 1.44. The molecule has 7 heteroatoms. The van der Waals surface area contributed by atoms with E-state index in [1.165, 1.54) is 12.1 Å². The summed E-state index contributed by atoms with van der Waals surface area (Å²) in [6.07, 6.45) is 3.17. The van der Waals surface area contributed by atoms with Crippen LogP contribution in [-0.2, 0) is 16.1 Å². The Bertz CT molecular complexity index is 765. The van der Waals surface area contributed by atoms with Gasteiger partial charge in [-0.15, -0.1) is 0 Å². The highest BCUT2D eigenvalue weighted by Gasteiger charge is 2.30. The Morgan fingerprint density at radius 2 is 2.12 bits per heavy atom. The van der Waals surface area contributed by atoms with Gasteiger partial charge in [0.05, 0.1) is 5.69 Å². The fourth-order valence-corrected chi connectivity index (χ4v) is 3.47. The Morgan fingerprint density at radius 1 is 1.27 bits per heavy atom. The highest BCUT2D eigenvalue weighted by atomic mass is 19.1. The Labute approximate surface area is 151 Å². The van der Waals surface area contributed by atoms with Gasteiger partial charge in [0.1, 0.15) is 18.2 Å². The first-order chi connectivity index (χ1) is 12.7. The predicted octanol–water partition coefficient (Wildman–Crippen LogP) is 2.30. The van der Waals surface area contributed by atoms with E-state index in [1.54, 1.807) is 18.4 Å². The van der Waals surface area contributed by atoms with Crippen LogP contribution in [0.25, 0.3) is 11.5 Å². The maximum absolute atomic E-state index is 13.3. The van der Waals surface area contributed by atoms with Crippen LogP contribution in [0.5, 0.6) is 0 Å². The fraction of sp³-hybridized carbons (Fsp3) is 0.474. The van der Waals surface area contributed by atoms with Gasteiger partial charge in [0, 0.05) is 44.9 Å². The molecule has 4 rings (SSSR count). The molecule has 26 heavy (non-hydrogen) atoms. The standard InChI is InChI=1S/C19H22FN3O3/c20-15-4-1-3-14(11-15)18-21-16(13-26-18)12-22-6-8-23(9-7-22)19(24)17-5-2-10-25-17/h1,3-4,11,13,17H,2,5-10,12H2/t17-/m0/s1. The number of ether oxygens (including phenoxy) is 1. The van der Waals surface area contributed by atoms with Gasteiger partial charge in [-0.05, 0) is 31.0 Å². The number of benzene rings is 1. The van der Waals surface area contributed by atoms with Crippen molar-refractivity contribution in [3.63, 3.8) is 0 Å². The number of carbonyl (C=O) groups excluding carboxylic acids is 1. The third-order valence-electron chi connectivity index (χ3n) is 4.90. The summed E-state index contributed by atoms with van der Waals surface area (Å²) in [5.74, 6) is 0.234. The number of nitrogens with zero attached hydrogens (tertiary/aromatic N) is 3. The van der Waals surface area contributed by atoms with Crippen molar-refractivity contribution < 1.29 is 18.3 Å². The van der Waals surface area contributed by atoms with Crippen molar-refractivity contribution in [2.24, 2.45) is 0 Å². The van der Waals surface area contributed by atoms with Gasteiger partial charge in [-0.1, -0.05) is 6.07 Å². The van der Waals surface area contributed by atoms with Gasteiger partial charge in [0.25, 0.3) is 5.91 Å². The van der Waals surface area contributed by atoms with E-state index in [4.69, 9.17) is 9.15 Å². The first kappa shape index (κ1) is 17.2. The molecule has 6 nitrogen and oxygen atoms in total. The summed E-state index contributed by atoms with van der Waals surface area (Å²) in [6.45, 7) is 4.33. The lowest BCUT2D eigenvalue weighted by Crippen LogP contribution is -2.51. The molecular formula is C19H22FN3O3. The fourth-order valence-electron chi connectivity index (χ4n) is 3.47. The summed E-state index contributed by atoms with van der Waals surface area (Å²) in [6, 6.07) is 6.21. The van der Waals surface area contributed by atoms with Crippen LogP contribution in [0.15, 0.2) is 34.9 Å². The van der Waals surface area contributed by atoms with E-state index in [1.807, 2.05) is 4.90 Å². The minimum absolute atomic E-state index is 0.122. The number of halogens is 1. The number of piperazine rings is 1. The van der Waals surface area contributed by atoms with Crippen molar-refractivity contribution in [3.05, 3.63) is 42.0 Å². The Hall–Kier alpha value is -2.25. The van der Waals surface area contributed by atoms with Crippen LogP contribution in [0.3, 0.4) is 0 Å². The number of oxazole rings is 1. The normalized spacial score (nSPS) is 21.3. The van der Waals surface area contributed by atoms with Crippen LogP contribution in [0, 0.1) is 5.82 Å². The van der Waals surface area contributed by atoms with E-state index in [2.05, 4.69) is 9.88 Å². The predicted molar refractivity (Wildman–Crippen MR) is 92.7 cm³/mol. The Morgan fingerprint density at radius 3 is 2.85 bits per heavy atom. The minimum atomic E-state index is -0.311. The third-order valence-corrected chi connectivity index (χ3v) is 4.90. The molecule has 0 N–H and O–H groups in total. The van der Waals surface area contributed by atoms with Gasteiger partial charge in [-0.2, -0.15) is 0 Å². The molecule has 2 fully saturated rings. The van der Waals surface area contributed by atoms with Crippen molar-refractivity contribution in [2.75, 3.05) is 32.8 Å². The largest absolute Gasteiger partial charge is 0.444 e. The molecular weight excluding hydrogens is 337 g/mol. The Kier molecular flexibility index (Phi) is 4.99. The van der Waals surface area contributed by atoms with Gasteiger partial charge in [0.15, 0.2) is 0 Å². The number of carbonyl (C=O) groups is 1. The van der Waals surface area contributed by atoms with Gasteiger partial charge in [0.2, 0.25) is 5.89 Å². The van der Waals surface area contributed by atoms with Gasteiger partial charge >= 0.3 is 0 Å². The van der Waals surface area contributed by atoms with Crippen LogP contribution in [0.2, 0.25) is 0 Å². The summed E-state index contributed by atoms with van der Waals surface area (Å²) in [5, 5.41) is 0. The van der Waals surface area contributed by atoms with Gasteiger partial charge in [-0.25, -0.2) is 9.37 Å². The molecule has 2 aromatic rings. The van der Waals surface area contributed by atoms with E-state index >= 15 is 0 Å². The number of rotatable bonds is 4. The van der Waals surface area contributed by atoms with Crippen LogP contribution >= 0.6 is 0 Å². The lowest BCUT2D eigenvalue weighted by molar-refractivity contribution is -0.142. The summed E-state index contributed by atoms with van der Waals surface area (Å²) < 4.78 is 24.3. The van der Waals surface area contributed by atoms with E-state index in [0.29, 0.717) is 37.7 Å². The van der Waals surface area contributed by atoms with Crippen LogP contribution in [0.1, 0.15) is 18.5 Å². The molecule has 3 heterocycles. The molecule has 0 unspecified atom stereocenters. The second kappa shape index (κ2) is 7.55. The summed E-state index contributed by atoms with van der Waals surface area (Å²) in [4.78, 5) is 21.0. The highest BCUT2D eigenvalue weighted by molar-refractivity contribution is 5.81. The smallest absolute Gasteiger partial charge is 0.251 e. The van der Waals surface area contributed by atoms with Crippen LogP contribution < -0.4 is 0 Å². The molecule has 0 saturated carbocycles. The topological polar surface area (TPSA) is 58.8 Å². The maximum atomic E-state index is 13.3. The summed E-state index contributed by atoms with van der Waals surface area (Å²) >= 11 is 0. The van der Waals surface area contributed by atoms with Crippen molar-refractivity contribution in [1.29, 1.82) is 0 Å². The zero-order chi connectivity index (χ0) is 17.9. The van der Waals surface area contributed by atoms with Crippen molar-refractivity contribution in [1.82, 2.24) is 14.8 Å². The zero-order valence-electron chi connectivity index (χ0n) is 14.6. The lowest BCUT2D eigenvalue weighted by atomic mass is 10.2. The molecule has 0 radical (unpaired) electrons. The molecule has 0 aliphatic carbocycles. The molecule has 0 spiro atoms. The van der Waals surface area contributed by atoms with Crippen LogP contribution in [0.4, 0.5) is 4.39 Å². The average molecular weight is 359 g/mol. The zero-order valence-corrected chi connectivity index (χ0v) is 14.6. The van der Waals surface area contributed by atoms with Gasteiger partial charge in [-0.3, -0.25) is 9.69 Å². The Balaban J connectivity index is 1.31. The molecule has 2 aliphatic rings.